The predicted octanol–water partition coefficient (Wildman–Crippen LogP) is 2.65. The minimum atomic E-state index is -0.701. The van der Waals surface area contributed by atoms with Crippen molar-refractivity contribution in [3.63, 3.8) is 0 Å². The van der Waals surface area contributed by atoms with E-state index >= 15 is 0 Å². The number of esters is 1. The highest BCUT2D eigenvalue weighted by Gasteiger charge is 2.33. The fourth-order valence-corrected chi connectivity index (χ4v) is 2.85. The number of aromatic nitrogens is 1. The number of cyclic esters (lactones) is 1. The molecule has 1 unspecified atom stereocenters. The Bertz CT molecular complexity index is 975. The zero-order valence-corrected chi connectivity index (χ0v) is 16.6. The summed E-state index contributed by atoms with van der Waals surface area (Å²) in [4.78, 5) is 40.4. The van der Waals surface area contributed by atoms with Gasteiger partial charge in [-0.05, 0) is 32.0 Å². The summed E-state index contributed by atoms with van der Waals surface area (Å²) < 4.78 is 34.7. The zero-order chi connectivity index (χ0) is 21.8. The molecule has 0 aliphatic carbocycles. The fourth-order valence-electron chi connectivity index (χ4n) is 2.85. The summed E-state index contributed by atoms with van der Waals surface area (Å²) >= 11 is 0. The molecule has 1 aromatic carbocycles. The molecule has 0 spiro atoms. The number of halogens is 1. The number of oxazole rings is 1. The molecule has 0 saturated carbocycles. The number of methoxy groups -OCH3 is 1. The molecule has 0 bridgehead atoms. The third-order valence-electron chi connectivity index (χ3n) is 4.29. The summed E-state index contributed by atoms with van der Waals surface area (Å²) in [7, 11) is 1.22. The summed E-state index contributed by atoms with van der Waals surface area (Å²) in [6, 6.07) is 4.02. The van der Waals surface area contributed by atoms with Crippen molar-refractivity contribution >= 4 is 23.8 Å². The summed E-state index contributed by atoms with van der Waals surface area (Å²) in [6.07, 6.45) is -1.93. The van der Waals surface area contributed by atoms with Crippen molar-refractivity contribution in [2.45, 2.75) is 20.0 Å². The number of nitrogens with zero attached hydrogens (tertiary/aromatic N) is 2. The SMILES string of the molecule is CCOC(=O)c1nc(-c2ccc(N3CC(CNC(=O)OC)OC3=O)cc2F)oc1C. The molecule has 1 fully saturated rings. The third kappa shape index (κ3) is 4.34. The van der Waals surface area contributed by atoms with Crippen LogP contribution in [0.5, 0.6) is 0 Å². The molecular weight excluding hydrogens is 401 g/mol. The Kier molecular flexibility index (Phi) is 6.19. The Labute approximate surface area is 170 Å². The van der Waals surface area contributed by atoms with Gasteiger partial charge in [0.25, 0.3) is 0 Å². The second-order valence-electron chi connectivity index (χ2n) is 6.30. The number of alkyl carbamates (subject to hydrolysis) is 1. The van der Waals surface area contributed by atoms with Crippen LogP contribution in [-0.4, -0.2) is 56.0 Å². The lowest BCUT2D eigenvalue weighted by Gasteiger charge is -2.14. The number of benzene rings is 1. The van der Waals surface area contributed by atoms with Crippen LogP contribution in [0.2, 0.25) is 0 Å². The first kappa shape index (κ1) is 21.1. The minimum absolute atomic E-state index is 0.0221. The molecule has 160 valence electrons. The van der Waals surface area contributed by atoms with Gasteiger partial charge in [-0.2, -0.15) is 0 Å². The fraction of sp³-hybridized carbons (Fsp3) is 0.368. The van der Waals surface area contributed by atoms with Crippen LogP contribution in [0.1, 0.15) is 23.2 Å². The predicted molar refractivity (Wildman–Crippen MR) is 101 cm³/mol. The van der Waals surface area contributed by atoms with Gasteiger partial charge in [-0.1, -0.05) is 0 Å². The van der Waals surface area contributed by atoms with E-state index in [4.69, 9.17) is 13.9 Å². The van der Waals surface area contributed by atoms with E-state index in [1.165, 1.54) is 31.1 Å². The van der Waals surface area contributed by atoms with Gasteiger partial charge in [0, 0.05) is 0 Å². The van der Waals surface area contributed by atoms with Crippen molar-refractivity contribution < 1.29 is 37.4 Å². The monoisotopic (exact) mass is 421 g/mol. The Balaban J connectivity index is 1.76. The maximum atomic E-state index is 14.7. The molecule has 1 N–H and O–H groups in total. The van der Waals surface area contributed by atoms with Crippen molar-refractivity contribution in [2.24, 2.45) is 0 Å². The molecular formula is C19H20FN3O7. The number of anilines is 1. The summed E-state index contributed by atoms with van der Waals surface area (Å²) in [5.41, 5.74) is 0.254. The maximum absolute atomic E-state index is 14.7. The number of aryl methyl sites for hydroxylation is 1. The van der Waals surface area contributed by atoms with E-state index in [1.807, 2.05) is 0 Å². The van der Waals surface area contributed by atoms with E-state index in [0.717, 1.165) is 6.07 Å². The van der Waals surface area contributed by atoms with E-state index < -0.39 is 30.1 Å². The molecule has 2 amide bonds. The number of rotatable bonds is 6. The minimum Gasteiger partial charge on any atom is -0.461 e. The molecule has 2 heterocycles. The highest BCUT2D eigenvalue weighted by Crippen LogP contribution is 2.30. The number of nitrogens with one attached hydrogen (secondary N) is 1. The van der Waals surface area contributed by atoms with Gasteiger partial charge in [-0.3, -0.25) is 4.90 Å². The third-order valence-corrected chi connectivity index (χ3v) is 4.29. The van der Waals surface area contributed by atoms with E-state index in [-0.39, 0.29) is 48.3 Å². The molecule has 1 saturated heterocycles. The molecule has 1 atom stereocenters. The van der Waals surface area contributed by atoms with Crippen LogP contribution < -0.4 is 10.2 Å². The Hall–Kier alpha value is -3.63. The summed E-state index contributed by atoms with van der Waals surface area (Å²) in [6.45, 7) is 3.53. The number of amides is 2. The van der Waals surface area contributed by atoms with Crippen LogP contribution in [0.4, 0.5) is 19.7 Å². The van der Waals surface area contributed by atoms with Gasteiger partial charge in [0.05, 0.1) is 38.1 Å². The highest BCUT2D eigenvalue weighted by atomic mass is 19.1. The average molecular weight is 421 g/mol. The Morgan fingerprint density at radius 1 is 1.40 bits per heavy atom. The lowest BCUT2D eigenvalue weighted by molar-refractivity contribution is 0.0518. The standard InChI is InChI=1S/C19H20FN3O7/c1-4-28-17(24)15-10(2)29-16(22-15)13-6-5-11(7-14(13)20)23-9-12(30-19(23)26)8-21-18(25)27-3/h5-7,12H,4,8-9H2,1-3H3,(H,21,25). The molecule has 30 heavy (non-hydrogen) atoms. The molecule has 10 nitrogen and oxygen atoms in total. The topological polar surface area (TPSA) is 120 Å². The zero-order valence-electron chi connectivity index (χ0n) is 16.6. The number of ether oxygens (including phenoxy) is 3. The van der Waals surface area contributed by atoms with Crippen molar-refractivity contribution in [3.8, 4) is 11.5 Å². The first-order valence-electron chi connectivity index (χ1n) is 9.08. The summed E-state index contributed by atoms with van der Waals surface area (Å²) in [5.74, 6) is -1.23. The van der Waals surface area contributed by atoms with Crippen molar-refractivity contribution in [3.05, 3.63) is 35.5 Å². The molecule has 0 radical (unpaired) electrons. The van der Waals surface area contributed by atoms with Gasteiger partial charge >= 0.3 is 18.2 Å². The van der Waals surface area contributed by atoms with Gasteiger partial charge in [0.1, 0.15) is 17.7 Å². The van der Waals surface area contributed by atoms with Gasteiger partial charge < -0.3 is 23.9 Å². The van der Waals surface area contributed by atoms with Crippen molar-refractivity contribution in [1.29, 1.82) is 0 Å². The molecule has 11 heteroatoms. The Morgan fingerprint density at radius 3 is 2.83 bits per heavy atom. The Morgan fingerprint density at radius 2 is 2.17 bits per heavy atom. The van der Waals surface area contributed by atoms with Gasteiger partial charge in [-0.25, -0.2) is 23.8 Å². The lowest BCUT2D eigenvalue weighted by Crippen LogP contribution is -2.34. The maximum Gasteiger partial charge on any atom is 0.414 e. The van der Waals surface area contributed by atoms with Crippen LogP contribution in [-0.2, 0) is 14.2 Å². The van der Waals surface area contributed by atoms with Crippen molar-refractivity contribution in [1.82, 2.24) is 10.3 Å². The van der Waals surface area contributed by atoms with Crippen molar-refractivity contribution in [2.75, 3.05) is 31.7 Å². The van der Waals surface area contributed by atoms with Crippen LogP contribution in [0.15, 0.2) is 22.6 Å². The normalized spacial score (nSPS) is 15.7. The lowest BCUT2D eigenvalue weighted by atomic mass is 10.1. The van der Waals surface area contributed by atoms with Gasteiger partial charge in [-0.15, -0.1) is 0 Å². The van der Waals surface area contributed by atoms with E-state index in [9.17, 15) is 18.8 Å². The average Bonchev–Trinajstić information content (AvgIpc) is 3.28. The van der Waals surface area contributed by atoms with E-state index in [1.54, 1.807) is 6.92 Å². The number of hydrogen-bond donors (Lipinski definition) is 1. The number of carbonyl (C=O) groups is 3. The van der Waals surface area contributed by atoms with Gasteiger partial charge in [0.2, 0.25) is 5.89 Å². The number of hydrogen-bond acceptors (Lipinski definition) is 8. The second-order valence-corrected chi connectivity index (χ2v) is 6.30. The smallest absolute Gasteiger partial charge is 0.414 e. The van der Waals surface area contributed by atoms with Crippen LogP contribution in [0.25, 0.3) is 11.5 Å². The molecule has 1 aliphatic rings. The summed E-state index contributed by atoms with van der Waals surface area (Å²) in [5, 5.41) is 2.44. The molecule has 2 aromatic rings. The van der Waals surface area contributed by atoms with E-state index in [2.05, 4.69) is 15.0 Å². The highest BCUT2D eigenvalue weighted by molar-refractivity contribution is 5.90. The second kappa shape index (κ2) is 8.80. The van der Waals surface area contributed by atoms with Crippen LogP contribution >= 0.6 is 0 Å². The van der Waals surface area contributed by atoms with E-state index in [0.29, 0.717) is 0 Å². The largest absolute Gasteiger partial charge is 0.461 e. The van der Waals surface area contributed by atoms with Crippen LogP contribution in [0.3, 0.4) is 0 Å². The van der Waals surface area contributed by atoms with Gasteiger partial charge in [0.15, 0.2) is 5.69 Å². The first-order valence-corrected chi connectivity index (χ1v) is 9.08. The first-order chi connectivity index (χ1) is 14.3. The molecule has 1 aliphatic heterocycles. The molecule has 1 aromatic heterocycles. The van der Waals surface area contributed by atoms with Crippen LogP contribution in [0, 0.1) is 12.7 Å². The number of carbonyl (C=O) groups excluding carboxylic acids is 3. The quantitative estimate of drug-likeness (QED) is 0.558. The molecule has 3 rings (SSSR count).